The summed E-state index contributed by atoms with van der Waals surface area (Å²) in [6.45, 7) is 0. The lowest BCUT2D eigenvalue weighted by molar-refractivity contribution is -0.147. The van der Waals surface area contributed by atoms with E-state index >= 15 is 0 Å². The number of hydrogen-bond acceptors (Lipinski definition) is 3. The first-order valence-electron chi connectivity index (χ1n) is 5.83. The van der Waals surface area contributed by atoms with Crippen LogP contribution in [0.1, 0.15) is 17.2 Å². The van der Waals surface area contributed by atoms with Crippen LogP contribution in [0.25, 0.3) is 11.1 Å². The Hall–Kier alpha value is -2.41. The SMILES string of the molecule is O=C(O)C(O)c1ccc(-c2cccnc2)c(C(F)(F)F)c1. The molecule has 2 N–H and O–H groups in total. The zero-order valence-corrected chi connectivity index (χ0v) is 10.5. The molecule has 0 saturated carbocycles. The van der Waals surface area contributed by atoms with E-state index in [9.17, 15) is 23.1 Å². The van der Waals surface area contributed by atoms with Gasteiger partial charge in [0.15, 0.2) is 6.10 Å². The van der Waals surface area contributed by atoms with Gasteiger partial charge in [-0.2, -0.15) is 13.2 Å². The molecule has 0 amide bonds. The number of carboxylic acid groups (broad SMARTS) is 1. The van der Waals surface area contributed by atoms with Crippen molar-refractivity contribution in [3.63, 3.8) is 0 Å². The predicted molar refractivity (Wildman–Crippen MR) is 67.3 cm³/mol. The first-order valence-corrected chi connectivity index (χ1v) is 5.83. The van der Waals surface area contributed by atoms with E-state index < -0.39 is 23.8 Å². The quantitative estimate of drug-likeness (QED) is 0.914. The fraction of sp³-hybridized carbons (Fsp3) is 0.143. The minimum Gasteiger partial charge on any atom is -0.479 e. The Morgan fingerprint density at radius 2 is 1.95 bits per heavy atom. The zero-order chi connectivity index (χ0) is 15.6. The van der Waals surface area contributed by atoms with E-state index in [1.54, 1.807) is 0 Å². The van der Waals surface area contributed by atoms with Crippen molar-refractivity contribution in [2.24, 2.45) is 0 Å². The molecule has 2 rings (SSSR count). The summed E-state index contributed by atoms with van der Waals surface area (Å²) in [5, 5.41) is 18.0. The molecule has 1 aromatic heterocycles. The average Bonchev–Trinajstić information content (AvgIpc) is 2.45. The number of benzene rings is 1. The molecule has 2 aromatic rings. The zero-order valence-electron chi connectivity index (χ0n) is 10.5. The van der Waals surface area contributed by atoms with Gasteiger partial charge in [0.05, 0.1) is 5.56 Å². The van der Waals surface area contributed by atoms with Gasteiger partial charge < -0.3 is 10.2 Å². The van der Waals surface area contributed by atoms with Crippen LogP contribution >= 0.6 is 0 Å². The summed E-state index contributed by atoms with van der Waals surface area (Å²) in [6.07, 6.45) is -3.98. The Morgan fingerprint density at radius 1 is 1.24 bits per heavy atom. The van der Waals surface area contributed by atoms with Gasteiger partial charge in [0.1, 0.15) is 0 Å². The molecule has 4 nitrogen and oxygen atoms in total. The molecule has 0 saturated heterocycles. The van der Waals surface area contributed by atoms with Crippen molar-refractivity contribution in [3.8, 4) is 11.1 Å². The number of pyridine rings is 1. The number of aliphatic hydroxyl groups is 1. The summed E-state index contributed by atoms with van der Waals surface area (Å²) in [7, 11) is 0. The monoisotopic (exact) mass is 297 g/mol. The van der Waals surface area contributed by atoms with Crippen molar-refractivity contribution in [2.75, 3.05) is 0 Å². The summed E-state index contributed by atoms with van der Waals surface area (Å²) >= 11 is 0. The second kappa shape index (κ2) is 5.53. The van der Waals surface area contributed by atoms with Gasteiger partial charge in [-0.25, -0.2) is 4.79 Å². The van der Waals surface area contributed by atoms with E-state index in [0.717, 1.165) is 12.1 Å². The lowest BCUT2D eigenvalue weighted by Crippen LogP contribution is -2.13. The molecule has 1 aromatic carbocycles. The maximum atomic E-state index is 13.1. The van der Waals surface area contributed by atoms with Gasteiger partial charge in [-0.15, -0.1) is 0 Å². The summed E-state index contributed by atoms with van der Waals surface area (Å²) in [5.41, 5.74) is -1.23. The highest BCUT2D eigenvalue weighted by Gasteiger charge is 2.35. The number of rotatable bonds is 3. The fourth-order valence-corrected chi connectivity index (χ4v) is 1.88. The maximum absolute atomic E-state index is 13.1. The Balaban J connectivity index is 2.60. The highest BCUT2D eigenvalue weighted by atomic mass is 19.4. The van der Waals surface area contributed by atoms with Gasteiger partial charge in [0, 0.05) is 18.0 Å². The Kier molecular flexibility index (Phi) is 3.95. The smallest absolute Gasteiger partial charge is 0.417 e. The van der Waals surface area contributed by atoms with Crippen molar-refractivity contribution >= 4 is 5.97 Å². The molecule has 21 heavy (non-hydrogen) atoms. The molecule has 110 valence electrons. The maximum Gasteiger partial charge on any atom is 0.417 e. The van der Waals surface area contributed by atoms with E-state index in [2.05, 4.69) is 4.98 Å². The number of aromatic nitrogens is 1. The van der Waals surface area contributed by atoms with Gasteiger partial charge in [-0.3, -0.25) is 4.98 Å². The first-order chi connectivity index (χ1) is 9.80. The standard InChI is InChI=1S/C14H10F3NO3/c15-14(16,17)11-6-8(12(19)13(20)21)3-4-10(11)9-2-1-5-18-7-9/h1-7,12,19H,(H,20,21). The van der Waals surface area contributed by atoms with Crippen LogP contribution in [-0.2, 0) is 11.0 Å². The number of carbonyl (C=O) groups is 1. The van der Waals surface area contributed by atoms with Gasteiger partial charge >= 0.3 is 12.1 Å². The van der Waals surface area contributed by atoms with Gasteiger partial charge in [-0.05, 0) is 23.3 Å². The lowest BCUT2D eigenvalue weighted by Gasteiger charge is -2.15. The second-order valence-corrected chi connectivity index (χ2v) is 4.29. The van der Waals surface area contributed by atoms with E-state index in [1.165, 1.54) is 24.5 Å². The Morgan fingerprint density at radius 3 is 2.48 bits per heavy atom. The Labute approximate surface area is 117 Å². The average molecular weight is 297 g/mol. The summed E-state index contributed by atoms with van der Waals surface area (Å²) < 4.78 is 39.4. The number of aliphatic hydroxyl groups excluding tert-OH is 1. The van der Waals surface area contributed by atoms with Gasteiger partial charge in [-0.1, -0.05) is 18.2 Å². The van der Waals surface area contributed by atoms with Crippen molar-refractivity contribution in [1.29, 1.82) is 0 Å². The van der Waals surface area contributed by atoms with Crippen LogP contribution in [-0.4, -0.2) is 21.2 Å². The predicted octanol–water partition coefficient (Wildman–Crippen LogP) is 2.89. The van der Waals surface area contributed by atoms with E-state index in [4.69, 9.17) is 5.11 Å². The van der Waals surface area contributed by atoms with E-state index in [1.807, 2.05) is 0 Å². The minimum atomic E-state index is -4.68. The molecular weight excluding hydrogens is 287 g/mol. The largest absolute Gasteiger partial charge is 0.479 e. The number of hydrogen-bond donors (Lipinski definition) is 2. The number of aliphatic carboxylic acids is 1. The summed E-state index contributed by atoms with van der Waals surface area (Å²) in [4.78, 5) is 14.4. The van der Waals surface area contributed by atoms with Gasteiger partial charge in [0.25, 0.3) is 0 Å². The molecule has 1 heterocycles. The van der Waals surface area contributed by atoms with E-state index in [-0.39, 0.29) is 16.7 Å². The normalized spacial score (nSPS) is 13.0. The van der Waals surface area contributed by atoms with Crippen LogP contribution in [0.4, 0.5) is 13.2 Å². The van der Waals surface area contributed by atoms with Crippen molar-refractivity contribution in [1.82, 2.24) is 4.98 Å². The highest BCUT2D eigenvalue weighted by Crippen LogP contribution is 2.38. The number of halogens is 3. The molecule has 0 aliphatic rings. The van der Waals surface area contributed by atoms with Crippen LogP contribution < -0.4 is 0 Å². The number of alkyl halides is 3. The summed E-state index contributed by atoms with van der Waals surface area (Å²) in [5.74, 6) is -1.61. The van der Waals surface area contributed by atoms with Gasteiger partial charge in [0.2, 0.25) is 0 Å². The molecule has 0 fully saturated rings. The van der Waals surface area contributed by atoms with Crippen molar-refractivity contribution in [3.05, 3.63) is 53.9 Å². The minimum absolute atomic E-state index is 0.128. The molecule has 0 radical (unpaired) electrons. The molecular formula is C14H10F3NO3. The van der Waals surface area contributed by atoms with Crippen LogP contribution in [0.3, 0.4) is 0 Å². The van der Waals surface area contributed by atoms with E-state index in [0.29, 0.717) is 6.07 Å². The van der Waals surface area contributed by atoms with Crippen LogP contribution in [0.5, 0.6) is 0 Å². The van der Waals surface area contributed by atoms with Crippen LogP contribution in [0.2, 0.25) is 0 Å². The topological polar surface area (TPSA) is 70.4 Å². The first kappa shape index (κ1) is 15.0. The molecule has 0 bridgehead atoms. The third-order valence-corrected chi connectivity index (χ3v) is 2.87. The van der Waals surface area contributed by atoms with Crippen molar-refractivity contribution in [2.45, 2.75) is 12.3 Å². The van der Waals surface area contributed by atoms with Crippen molar-refractivity contribution < 1.29 is 28.2 Å². The fourth-order valence-electron chi connectivity index (χ4n) is 1.88. The van der Waals surface area contributed by atoms with Crippen LogP contribution in [0.15, 0.2) is 42.7 Å². The molecule has 1 unspecified atom stereocenters. The second-order valence-electron chi connectivity index (χ2n) is 4.29. The third kappa shape index (κ3) is 3.19. The molecule has 0 spiro atoms. The Bertz CT molecular complexity index is 656. The third-order valence-electron chi connectivity index (χ3n) is 2.87. The summed E-state index contributed by atoms with van der Waals surface area (Å²) in [6, 6.07) is 5.87. The number of carboxylic acids is 1. The molecule has 0 aliphatic heterocycles. The van der Waals surface area contributed by atoms with Crippen LogP contribution in [0, 0.1) is 0 Å². The molecule has 0 aliphatic carbocycles. The number of nitrogens with zero attached hydrogens (tertiary/aromatic N) is 1. The lowest BCUT2D eigenvalue weighted by atomic mass is 9.96. The highest BCUT2D eigenvalue weighted by molar-refractivity contribution is 5.75. The molecule has 1 atom stereocenters. The molecule has 7 heteroatoms.